The minimum absolute atomic E-state index is 0.0541. The van der Waals surface area contributed by atoms with Crippen molar-refractivity contribution in [3.05, 3.63) is 32.5 Å². The van der Waals surface area contributed by atoms with Gasteiger partial charge in [-0.2, -0.15) is 0 Å². The van der Waals surface area contributed by atoms with Crippen LogP contribution in [0.3, 0.4) is 0 Å². The summed E-state index contributed by atoms with van der Waals surface area (Å²) < 4.78 is 17.7. The fourth-order valence-electron chi connectivity index (χ4n) is 1.17. The normalized spacial score (nSPS) is 9.89. The predicted octanol–water partition coefficient (Wildman–Crippen LogP) is 2.00. The quantitative estimate of drug-likeness (QED) is 0.490. The molecule has 0 fully saturated rings. The molecule has 0 aromatic heterocycles. The van der Waals surface area contributed by atoms with Gasteiger partial charge in [-0.3, -0.25) is 10.1 Å². The summed E-state index contributed by atoms with van der Waals surface area (Å²) in [6.45, 7) is 0.0589. The van der Waals surface area contributed by atoms with Gasteiger partial charge in [0.25, 0.3) is 5.69 Å². The van der Waals surface area contributed by atoms with Crippen LogP contribution in [-0.2, 0) is 4.74 Å². The molecular formula is C9H9BrFN3O4. The molecule has 0 aliphatic rings. The molecule has 0 aliphatic carbocycles. The number of rotatable bonds is 5. The standard InChI is InChI=1S/C9H9BrFN3O4/c10-5-3-7(13-1-2-18-9(12)15)8(14(16)17)4-6(5)11/h3-4,13H,1-2H2,(H2,12,15). The first-order valence-corrected chi connectivity index (χ1v) is 5.50. The number of benzene rings is 1. The summed E-state index contributed by atoms with van der Waals surface area (Å²) in [5.74, 6) is -0.736. The van der Waals surface area contributed by atoms with Gasteiger partial charge in [0, 0.05) is 6.54 Å². The summed E-state index contributed by atoms with van der Waals surface area (Å²) >= 11 is 2.92. The van der Waals surface area contributed by atoms with Crippen LogP contribution in [0, 0.1) is 15.9 Å². The molecule has 18 heavy (non-hydrogen) atoms. The van der Waals surface area contributed by atoms with E-state index in [2.05, 4.69) is 26.0 Å². The second kappa shape index (κ2) is 6.15. The maximum absolute atomic E-state index is 13.1. The summed E-state index contributed by atoms with van der Waals surface area (Å²) in [5, 5.41) is 13.4. The Bertz CT molecular complexity index is 483. The summed E-state index contributed by atoms with van der Waals surface area (Å²) in [5.41, 5.74) is 4.44. The Morgan fingerprint density at radius 1 is 1.61 bits per heavy atom. The molecule has 1 amide bonds. The zero-order valence-corrected chi connectivity index (χ0v) is 10.6. The number of carbonyl (C=O) groups excluding carboxylic acids is 1. The topological polar surface area (TPSA) is 107 Å². The number of nitro benzene ring substituents is 1. The highest BCUT2D eigenvalue weighted by Crippen LogP contribution is 2.30. The van der Waals surface area contributed by atoms with Gasteiger partial charge in [0.05, 0.1) is 15.5 Å². The molecule has 1 aromatic carbocycles. The molecule has 7 nitrogen and oxygen atoms in total. The van der Waals surface area contributed by atoms with Gasteiger partial charge in [-0.15, -0.1) is 0 Å². The van der Waals surface area contributed by atoms with Crippen molar-refractivity contribution in [3.63, 3.8) is 0 Å². The third-order valence-corrected chi connectivity index (χ3v) is 2.50. The first-order valence-electron chi connectivity index (χ1n) is 4.71. The van der Waals surface area contributed by atoms with E-state index in [1.54, 1.807) is 0 Å². The number of ether oxygens (including phenoxy) is 1. The Labute approximate surface area is 109 Å². The van der Waals surface area contributed by atoms with Crippen molar-refractivity contribution in [3.8, 4) is 0 Å². The highest BCUT2D eigenvalue weighted by molar-refractivity contribution is 9.10. The number of anilines is 1. The van der Waals surface area contributed by atoms with Gasteiger partial charge >= 0.3 is 6.09 Å². The lowest BCUT2D eigenvalue weighted by atomic mass is 10.2. The number of halogens is 2. The van der Waals surface area contributed by atoms with Crippen LogP contribution in [0.5, 0.6) is 0 Å². The fourth-order valence-corrected chi connectivity index (χ4v) is 1.51. The maximum Gasteiger partial charge on any atom is 0.404 e. The summed E-state index contributed by atoms with van der Waals surface area (Å²) in [4.78, 5) is 20.3. The van der Waals surface area contributed by atoms with Crippen LogP contribution >= 0.6 is 15.9 Å². The second-order valence-corrected chi connectivity index (χ2v) is 3.99. The van der Waals surface area contributed by atoms with E-state index in [0.29, 0.717) is 0 Å². The average Bonchev–Trinajstić information content (AvgIpc) is 2.28. The molecule has 1 aromatic rings. The Kier molecular flexibility index (Phi) is 4.84. The minimum atomic E-state index is -0.938. The van der Waals surface area contributed by atoms with E-state index >= 15 is 0 Å². The number of nitrogens with one attached hydrogen (secondary N) is 1. The van der Waals surface area contributed by atoms with Crippen LogP contribution in [0.25, 0.3) is 0 Å². The molecule has 0 atom stereocenters. The Morgan fingerprint density at radius 3 is 2.83 bits per heavy atom. The average molecular weight is 322 g/mol. The number of hydrogen-bond acceptors (Lipinski definition) is 5. The number of primary amides is 1. The molecule has 0 spiro atoms. The molecule has 0 radical (unpaired) electrons. The maximum atomic E-state index is 13.1. The van der Waals surface area contributed by atoms with E-state index in [9.17, 15) is 19.3 Å². The first kappa shape index (κ1) is 14.2. The predicted molar refractivity (Wildman–Crippen MR) is 64.8 cm³/mol. The lowest BCUT2D eigenvalue weighted by molar-refractivity contribution is -0.384. The smallest absolute Gasteiger partial charge is 0.404 e. The third-order valence-electron chi connectivity index (χ3n) is 1.90. The van der Waals surface area contributed by atoms with Crippen LogP contribution in [0.2, 0.25) is 0 Å². The molecule has 9 heteroatoms. The van der Waals surface area contributed by atoms with Gasteiger partial charge in [0.2, 0.25) is 0 Å². The molecule has 0 saturated carbocycles. The van der Waals surface area contributed by atoms with Gasteiger partial charge in [-0.1, -0.05) is 0 Å². The van der Waals surface area contributed by atoms with E-state index in [1.807, 2.05) is 0 Å². The van der Waals surface area contributed by atoms with Crippen molar-refractivity contribution in [1.82, 2.24) is 0 Å². The number of carbonyl (C=O) groups is 1. The van der Waals surface area contributed by atoms with E-state index in [4.69, 9.17) is 5.73 Å². The highest BCUT2D eigenvalue weighted by atomic mass is 79.9. The largest absolute Gasteiger partial charge is 0.448 e. The molecule has 98 valence electrons. The zero-order chi connectivity index (χ0) is 13.7. The molecular weight excluding hydrogens is 313 g/mol. The molecule has 1 rings (SSSR count). The van der Waals surface area contributed by atoms with Crippen molar-refractivity contribution in [2.24, 2.45) is 5.73 Å². The van der Waals surface area contributed by atoms with Gasteiger partial charge in [-0.25, -0.2) is 9.18 Å². The van der Waals surface area contributed by atoms with Gasteiger partial charge < -0.3 is 15.8 Å². The SMILES string of the molecule is NC(=O)OCCNc1cc(Br)c(F)cc1[N+](=O)[O-]. The number of nitro groups is 1. The van der Waals surface area contributed by atoms with E-state index in [0.717, 1.165) is 6.07 Å². The first-order chi connectivity index (χ1) is 8.41. The molecule has 0 bridgehead atoms. The number of nitrogens with zero attached hydrogens (tertiary/aromatic N) is 1. The summed E-state index contributed by atoms with van der Waals surface area (Å²) in [6, 6.07) is 2.03. The van der Waals surface area contributed by atoms with Crippen molar-refractivity contribution >= 4 is 33.4 Å². The van der Waals surface area contributed by atoms with Gasteiger partial charge in [-0.05, 0) is 22.0 Å². The van der Waals surface area contributed by atoms with Crippen LogP contribution < -0.4 is 11.1 Å². The minimum Gasteiger partial charge on any atom is -0.448 e. The lowest BCUT2D eigenvalue weighted by Crippen LogP contribution is -2.18. The number of nitrogens with two attached hydrogens (primary N) is 1. The van der Waals surface area contributed by atoms with Crippen LogP contribution in [0.15, 0.2) is 16.6 Å². The fraction of sp³-hybridized carbons (Fsp3) is 0.222. The van der Waals surface area contributed by atoms with Crippen molar-refractivity contribution in [1.29, 1.82) is 0 Å². The Hall–Kier alpha value is -1.90. The van der Waals surface area contributed by atoms with Gasteiger partial charge in [0.15, 0.2) is 0 Å². The van der Waals surface area contributed by atoms with E-state index < -0.39 is 22.5 Å². The zero-order valence-electron chi connectivity index (χ0n) is 8.98. The van der Waals surface area contributed by atoms with Crippen molar-refractivity contribution in [2.45, 2.75) is 0 Å². The molecule has 3 N–H and O–H groups in total. The van der Waals surface area contributed by atoms with E-state index in [-0.39, 0.29) is 23.3 Å². The highest BCUT2D eigenvalue weighted by Gasteiger charge is 2.17. The van der Waals surface area contributed by atoms with Gasteiger partial charge in [0.1, 0.15) is 18.1 Å². The second-order valence-electron chi connectivity index (χ2n) is 3.13. The summed E-state index contributed by atoms with van der Waals surface area (Å²) in [7, 11) is 0. The summed E-state index contributed by atoms with van der Waals surface area (Å²) in [6.07, 6.45) is -0.938. The number of hydrogen-bond donors (Lipinski definition) is 2. The molecule has 0 saturated heterocycles. The Morgan fingerprint density at radius 2 is 2.28 bits per heavy atom. The molecule has 0 aliphatic heterocycles. The van der Waals surface area contributed by atoms with E-state index in [1.165, 1.54) is 6.07 Å². The third kappa shape index (κ3) is 3.84. The number of amides is 1. The van der Waals surface area contributed by atoms with Crippen molar-refractivity contribution in [2.75, 3.05) is 18.5 Å². The molecule has 0 heterocycles. The molecule has 0 unspecified atom stereocenters. The van der Waals surface area contributed by atoms with Crippen LogP contribution in [0.4, 0.5) is 20.6 Å². The van der Waals surface area contributed by atoms with Crippen molar-refractivity contribution < 1.29 is 18.8 Å². The lowest BCUT2D eigenvalue weighted by Gasteiger charge is -2.08. The monoisotopic (exact) mass is 321 g/mol. The van der Waals surface area contributed by atoms with Crippen LogP contribution in [0.1, 0.15) is 0 Å². The van der Waals surface area contributed by atoms with Crippen LogP contribution in [-0.4, -0.2) is 24.2 Å². The Balaban J connectivity index is 2.77.